The van der Waals surface area contributed by atoms with Crippen LogP contribution in [0.2, 0.25) is 0 Å². The number of amides is 1. The number of carbonyl (C=O) groups excluding carboxylic acids is 1. The average molecular weight is 356 g/mol. The van der Waals surface area contributed by atoms with Crippen molar-refractivity contribution in [2.24, 2.45) is 0 Å². The number of benzene rings is 2. The third-order valence-corrected chi connectivity index (χ3v) is 4.58. The molecule has 1 N–H and O–H groups in total. The maximum absolute atomic E-state index is 12.2. The molecule has 6 heteroatoms. The quantitative estimate of drug-likeness (QED) is 0.728. The molecule has 0 bridgehead atoms. The molecule has 0 saturated heterocycles. The molecule has 1 amide bonds. The number of anilines is 1. The number of hydrogen-bond donors (Lipinski definition) is 1. The highest BCUT2D eigenvalue weighted by molar-refractivity contribution is 7.15. The van der Waals surface area contributed by atoms with E-state index in [1.807, 2.05) is 61.5 Å². The van der Waals surface area contributed by atoms with Crippen LogP contribution in [0.1, 0.15) is 25.9 Å². The van der Waals surface area contributed by atoms with E-state index in [1.165, 1.54) is 0 Å². The molecule has 0 fully saturated rings. The van der Waals surface area contributed by atoms with Crippen molar-refractivity contribution in [3.05, 3.63) is 75.7 Å². The van der Waals surface area contributed by atoms with E-state index in [2.05, 4.69) is 15.5 Å². The number of rotatable bonds is 4. The summed E-state index contributed by atoms with van der Waals surface area (Å²) in [6.45, 7) is 1.99. The van der Waals surface area contributed by atoms with Crippen LogP contribution in [0.15, 0.2) is 54.6 Å². The van der Waals surface area contributed by atoms with Gasteiger partial charge in [0.25, 0.3) is 5.91 Å². The molecular weight excluding hydrogens is 342 g/mol. The van der Waals surface area contributed by atoms with Gasteiger partial charge in [0, 0.05) is 5.69 Å². The van der Waals surface area contributed by atoms with E-state index in [0.717, 1.165) is 22.5 Å². The van der Waals surface area contributed by atoms with Crippen molar-refractivity contribution in [1.82, 2.24) is 10.2 Å². The fraction of sp³-hybridized carbons (Fsp3) is 0.0556. The van der Waals surface area contributed by atoms with E-state index in [0.29, 0.717) is 15.7 Å². The molecule has 3 rings (SSSR count). The number of nitrogens with one attached hydrogen (secondary N) is 1. The molecular formula is C18H14ClN3OS. The lowest BCUT2D eigenvalue weighted by Crippen LogP contribution is -2.11. The van der Waals surface area contributed by atoms with Crippen molar-refractivity contribution in [3.63, 3.8) is 0 Å². The van der Waals surface area contributed by atoms with Crippen LogP contribution in [-0.2, 0) is 0 Å². The molecule has 0 spiro atoms. The predicted molar refractivity (Wildman–Crippen MR) is 99.2 cm³/mol. The lowest BCUT2D eigenvalue weighted by molar-refractivity contribution is 0.102. The van der Waals surface area contributed by atoms with Gasteiger partial charge in [0.15, 0.2) is 5.01 Å². The molecule has 0 aliphatic carbocycles. The standard InChI is InChI=1S/C18H14ClN3OS/c1-12-7-9-14(10-8-12)20-16(23)18-22-21-17(24-18)15(19)11-13-5-3-2-4-6-13/h2-11H,1H3,(H,20,23)/b15-11-. The summed E-state index contributed by atoms with van der Waals surface area (Å²) in [6.07, 6.45) is 1.80. The Hall–Kier alpha value is -2.50. The van der Waals surface area contributed by atoms with Crippen LogP contribution in [-0.4, -0.2) is 16.1 Å². The summed E-state index contributed by atoms with van der Waals surface area (Å²) in [5, 5.41) is 11.9. The summed E-state index contributed by atoms with van der Waals surface area (Å²) in [4.78, 5) is 12.2. The van der Waals surface area contributed by atoms with Crippen LogP contribution in [0.3, 0.4) is 0 Å². The van der Waals surface area contributed by atoms with Crippen molar-refractivity contribution in [1.29, 1.82) is 0 Å². The molecule has 0 aliphatic rings. The minimum Gasteiger partial charge on any atom is -0.320 e. The highest BCUT2D eigenvalue weighted by Crippen LogP contribution is 2.25. The monoisotopic (exact) mass is 355 g/mol. The van der Waals surface area contributed by atoms with Crippen molar-refractivity contribution < 1.29 is 4.79 Å². The Kier molecular flexibility index (Phi) is 5.03. The molecule has 0 atom stereocenters. The van der Waals surface area contributed by atoms with Crippen LogP contribution >= 0.6 is 22.9 Å². The molecule has 1 heterocycles. The number of nitrogens with zero attached hydrogens (tertiary/aromatic N) is 2. The zero-order valence-corrected chi connectivity index (χ0v) is 14.4. The van der Waals surface area contributed by atoms with Gasteiger partial charge in [-0.25, -0.2) is 0 Å². The summed E-state index contributed by atoms with van der Waals surface area (Å²) < 4.78 is 0. The van der Waals surface area contributed by atoms with Gasteiger partial charge in [-0.1, -0.05) is 71.0 Å². The Morgan fingerprint density at radius 3 is 2.42 bits per heavy atom. The number of aryl methyl sites for hydroxylation is 1. The Labute approximate surface area is 148 Å². The minimum atomic E-state index is -0.299. The highest BCUT2D eigenvalue weighted by atomic mass is 35.5. The maximum atomic E-state index is 12.2. The van der Waals surface area contributed by atoms with Crippen LogP contribution in [0.4, 0.5) is 5.69 Å². The first-order chi connectivity index (χ1) is 11.6. The topological polar surface area (TPSA) is 54.9 Å². The lowest BCUT2D eigenvalue weighted by Gasteiger charge is -2.02. The molecule has 24 heavy (non-hydrogen) atoms. The van der Waals surface area contributed by atoms with Gasteiger partial charge >= 0.3 is 0 Å². The molecule has 0 unspecified atom stereocenters. The van der Waals surface area contributed by atoms with Crippen molar-refractivity contribution in [2.45, 2.75) is 6.92 Å². The summed E-state index contributed by atoms with van der Waals surface area (Å²) in [5.41, 5.74) is 2.81. The zero-order chi connectivity index (χ0) is 16.9. The highest BCUT2D eigenvalue weighted by Gasteiger charge is 2.14. The van der Waals surface area contributed by atoms with Gasteiger partial charge in [0.2, 0.25) is 5.01 Å². The van der Waals surface area contributed by atoms with Crippen LogP contribution in [0.5, 0.6) is 0 Å². The molecule has 0 aliphatic heterocycles. The molecule has 0 radical (unpaired) electrons. The number of halogens is 1. The van der Waals surface area contributed by atoms with Gasteiger partial charge in [-0.3, -0.25) is 4.79 Å². The van der Waals surface area contributed by atoms with Gasteiger partial charge < -0.3 is 5.32 Å². The molecule has 3 aromatic rings. The van der Waals surface area contributed by atoms with Gasteiger partial charge in [-0.2, -0.15) is 0 Å². The van der Waals surface area contributed by atoms with Gasteiger partial charge in [-0.15, -0.1) is 10.2 Å². The van der Waals surface area contributed by atoms with Gasteiger partial charge in [-0.05, 0) is 30.7 Å². The van der Waals surface area contributed by atoms with E-state index in [9.17, 15) is 4.79 Å². The zero-order valence-electron chi connectivity index (χ0n) is 12.9. The summed E-state index contributed by atoms with van der Waals surface area (Å²) >= 11 is 7.43. The smallest absolute Gasteiger partial charge is 0.286 e. The van der Waals surface area contributed by atoms with E-state index < -0.39 is 0 Å². The lowest BCUT2D eigenvalue weighted by atomic mass is 10.2. The van der Waals surface area contributed by atoms with E-state index in [1.54, 1.807) is 6.08 Å². The average Bonchev–Trinajstić information content (AvgIpc) is 3.08. The SMILES string of the molecule is Cc1ccc(NC(=O)c2nnc(/C(Cl)=C/c3ccccc3)s2)cc1. The largest absolute Gasteiger partial charge is 0.320 e. The van der Waals surface area contributed by atoms with Crippen molar-refractivity contribution in [2.75, 3.05) is 5.32 Å². The van der Waals surface area contributed by atoms with Crippen LogP contribution < -0.4 is 5.32 Å². The summed E-state index contributed by atoms with van der Waals surface area (Å²) in [5.74, 6) is -0.299. The van der Waals surface area contributed by atoms with Crippen molar-refractivity contribution >= 4 is 45.6 Å². The predicted octanol–water partition coefficient (Wildman–Crippen LogP) is 4.84. The summed E-state index contributed by atoms with van der Waals surface area (Å²) in [6, 6.07) is 17.2. The second-order valence-electron chi connectivity index (χ2n) is 5.14. The second-order valence-corrected chi connectivity index (χ2v) is 6.52. The second kappa shape index (κ2) is 7.38. The fourth-order valence-corrected chi connectivity index (χ4v) is 2.92. The number of hydrogen-bond acceptors (Lipinski definition) is 4. The van der Waals surface area contributed by atoms with Gasteiger partial charge in [0.1, 0.15) is 0 Å². The normalized spacial score (nSPS) is 11.3. The van der Waals surface area contributed by atoms with E-state index in [-0.39, 0.29) is 10.9 Å². The molecule has 4 nitrogen and oxygen atoms in total. The third-order valence-electron chi connectivity index (χ3n) is 3.23. The Bertz CT molecular complexity index is 873. The maximum Gasteiger partial charge on any atom is 0.286 e. The number of aromatic nitrogens is 2. The van der Waals surface area contributed by atoms with E-state index in [4.69, 9.17) is 11.6 Å². The van der Waals surface area contributed by atoms with Crippen LogP contribution in [0, 0.1) is 6.92 Å². The first kappa shape index (κ1) is 16.4. The molecule has 120 valence electrons. The minimum absolute atomic E-state index is 0.269. The summed E-state index contributed by atoms with van der Waals surface area (Å²) in [7, 11) is 0. The van der Waals surface area contributed by atoms with E-state index >= 15 is 0 Å². The Morgan fingerprint density at radius 1 is 1.04 bits per heavy atom. The third kappa shape index (κ3) is 4.07. The fourth-order valence-electron chi connectivity index (χ4n) is 1.99. The molecule has 1 aromatic heterocycles. The first-order valence-electron chi connectivity index (χ1n) is 7.26. The Morgan fingerprint density at radius 2 is 1.71 bits per heavy atom. The Balaban J connectivity index is 1.74. The van der Waals surface area contributed by atoms with Crippen LogP contribution in [0.25, 0.3) is 11.1 Å². The molecule has 2 aromatic carbocycles. The van der Waals surface area contributed by atoms with Gasteiger partial charge in [0.05, 0.1) is 5.03 Å². The molecule has 0 saturated carbocycles. The van der Waals surface area contributed by atoms with Crippen molar-refractivity contribution in [3.8, 4) is 0 Å². The number of carbonyl (C=O) groups is 1. The first-order valence-corrected chi connectivity index (χ1v) is 8.45.